The third-order valence-electron chi connectivity index (χ3n) is 4.11. The Hall–Kier alpha value is -1.85. The van der Waals surface area contributed by atoms with Crippen LogP contribution in [0.3, 0.4) is 0 Å². The Morgan fingerprint density at radius 2 is 1.24 bits per heavy atom. The van der Waals surface area contributed by atoms with Crippen LogP contribution in [-0.4, -0.2) is 16.0 Å². The molecule has 0 bridgehead atoms. The van der Waals surface area contributed by atoms with Crippen LogP contribution < -0.4 is 0 Å². The summed E-state index contributed by atoms with van der Waals surface area (Å²) in [6.45, 7) is 0. The van der Waals surface area contributed by atoms with Crippen LogP contribution in [0.15, 0.2) is 56.5 Å². The fourth-order valence-corrected chi connectivity index (χ4v) is 3.59. The highest BCUT2D eigenvalue weighted by Crippen LogP contribution is 2.32. The summed E-state index contributed by atoms with van der Waals surface area (Å²) in [6, 6.07) is 10.3. The Kier molecular flexibility index (Phi) is 5.45. The minimum atomic E-state index is -0.0370. The molecule has 1 saturated carbocycles. The van der Waals surface area contributed by atoms with Crippen molar-refractivity contribution >= 4 is 49.8 Å². The van der Waals surface area contributed by atoms with Gasteiger partial charge in [-0.15, -0.1) is 0 Å². The van der Waals surface area contributed by atoms with Gasteiger partial charge in [-0.2, -0.15) is 0 Å². The zero-order valence-electron chi connectivity index (χ0n) is 13.3. The maximum Gasteiger partial charge on any atom is 0.185 e. The maximum atomic E-state index is 12.8. The van der Waals surface area contributed by atoms with Crippen LogP contribution in [0.1, 0.15) is 30.4 Å². The van der Waals surface area contributed by atoms with Crippen LogP contribution in [0.2, 0.25) is 0 Å². The number of phenols is 2. The highest BCUT2D eigenvalue weighted by Gasteiger charge is 2.21. The fraction of sp³-hybridized carbons (Fsp3) is 0.150. The molecule has 3 rings (SSSR count). The first-order valence-electron chi connectivity index (χ1n) is 7.87. The van der Waals surface area contributed by atoms with E-state index in [1.54, 1.807) is 48.6 Å². The summed E-state index contributed by atoms with van der Waals surface area (Å²) in [5.41, 5.74) is 2.56. The lowest BCUT2D eigenvalue weighted by atomic mass is 9.86. The van der Waals surface area contributed by atoms with Crippen molar-refractivity contribution in [1.82, 2.24) is 0 Å². The summed E-state index contributed by atoms with van der Waals surface area (Å²) in [4.78, 5) is 12.8. The third kappa shape index (κ3) is 4.22. The molecule has 0 unspecified atom stereocenters. The van der Waals surface area contributed by atoms with Crippen LogP contribution in [0, 0.1) is 0 Å². The molecule has 0 amide bonds. The first-order valence-corrected chi connectivity index (χ1v) is 9.45. The number of Topliss-reactive ketones (excluding diaryl/α,β-unsaturated/α-hetero) is 1. The number of aromatic hydroxyl groups is 2. The lowest BCUT2D eigenvalue weighted by Gasteiger charge is -2.17. The van der Waals surface area contributed by atoms with Crippen LogP contribution >= 0.6 is 31.9 Å². The van der Waals surface area contributed by atoms with E-state index >= 15 is 0 Å². The van der Waals surface area contributed by atoms with Gasteiger partial charge < -0.3 is 10.2 Å². The second kappa shape index (κ2) is 7.58. The number of halogens is 2. The Bertz CT molecular complexity index is 826. The van der Waals surface area contributed by atoms with Crippen molar-refractivity contribution in [3.8, 4) is 11.5 Å². The second-order valence-corrected chi connectivity index (χ2v) is 7.76. The molecule has 1 aliphatic carbocycles. The van der Waals surface area contributed by atoms with E-state index in [0.29, 0.717) is 35.1 Å². The van der Waals surface area contributed by atoms with Crippen molar-refractivity contribution in [1.29, 1.82) is 0 Å². The van der Waals surface area contributed by atoms with Crippen LogP contribution in [0.5, 0.6) is 11.5 Å². The highest BCUT2D eigenvalue weighted by atomic mass is 79.9. The second-order valence-electron chi connectivity index (χ2n) is 5.93. The summed E-state index contributed by atoms with van der Waals surface area (Å²) in [6.07, 6.45) is 5.69. The number of benzene rings is 2. The van der Waals surface area contributed by atoms with E-state index < -0.39 is 0 Å². The van der Waals surface area contributed by atoms with Gasteiger partial charge >= 0.3 is 0 Å². The molecule has 0 aliphatic heterocycles. The van der Waals surface area contributed by atoms with E-state index in [-0.39, 0.29) is 17.3 Å². The topological polar surface area (TPSA) is 57.5 Å². The van der Waals surface area contributed by atoms with Crippen molar-refractivity contribution in [2.45, 2.75) is 19.3 Å². The van der Waals surface area contributed by atoms with E-state index in [0.717, 1.165) is 15.4 Å². The molecule has 0 saturated heterocycles. The minimum Gasteiger partial charge on any atom is -0.507 e. The van der Waals surface area contributed by atoms with E-state index in [2.05, 4.69) is 31.9 Å². The molecule has 1 aliphatic rings. The Morgan fingerprint density at radius 3 is 1.68 bits per heavy atom. The zero-order valence-corrected chi connectivity index (χ0v) is 16.5. The summed E-state index contributed by atoms with van der Waals surface area (Å²) < 4.78 is 1.69. The van der Waals surface area contributed by atoms with Gasteiger partial charge in [-0.05, 0) is 67.8 Å². The molecule has 0 radical (unpaired) electrons. The lowest BCUT2D eigenvalue weighted by molar-refractivity contribution is -0.112. The van der Waals surface area contributed by atoms with Gasteiger partial charge in [0.15, 0.2) is 5.78 Å². The number of ketones is 1. The molecule has 5 heteroatoms. The van der Waals surface area contributed by atoms with E-state index in [1.165, 1.54) is 0 Å². The average Bonchev–Trinajstić information content (AvgIpc) is 2.58. The molecule has 2 aromatic carbocycles. The number of carbonyl (C=O) groups excluding carboxylic acids is 1. The summed E-state index contributed by atoms with van der Waals surface area (Å²) in [5, 5.41) is 20.0. The van der Waals surface area contributed by atoms with Gasteiger partial charge in [0, 0.05) is 31.2 Å². The average molecular weight is 464 g/mol. The molecule has 1 fully saturated rings. The molecular weight excluding hydrogens is 448 g/mol. The molecule has 0 spiro atoms. The SMILES string of the molecule is O=C1C(=Cc2cc(Br)ccc2O)CCCC1=Cc1cc(Br)ccc1O. The first kappa shape index (κ1) is 18.0. The number of phenolic OH excluding ortho intramolecular Hbond substituents is 2. The van der Waals surface area contributed by atoms with Crippen molar-refractivity contribution < 1.29 is 15.0 Å². The van der Waals surface area contributed by atoms with Gasteiger partial charge in [0.2, 0.25) is 0 Å². The number of rotatable bonds is 2. The number of hydrogen-bond acceptors (Lipinski definition) is 3. The van der Waals surface area contributed by atoms with Crippen LogP contribution in [0.4, 0.5) is 0 Å². The van der Waals surface area contributed by atoms with E-state index in [4.69, 9.17) is 0 Å². The smallest absolute Gasteiger partial charge is 0.185 e. The number of allylic oxidation sites excluding steroid dienone is 2. The summed E-state index contributed by atoms with van der Waals surface area (Å²) in [7, 11) is 0. The lowest BCUT2D eigenvalue weighted by Crippen LogP contribution is -2.12. The van der Waals surface area contributed by atoms with Gasteiger partial charge in [-0.3, -0.25) is 4.79 Å². The quantitative estimate of drug-likeness (QED) is 0.549. The third-order valence-corrected chi connectivity index (χ3v) is 5.10. The number of hydrogen-bond donors (Lipinski definition) is 2. The van der Waals surface area contributed by atoms with E-state index in [1.807, 2.05) is 0 Å². The molecule has 128 valence electrons. The monoisotopic (exact) mass is 462 g/mol. The minimum absolute atomic E-state index is 0.0370. The molecule has 2 aromatic rings. The van der Waals surface area contributed by atoms with Gasteiger partial charge in [0.05, 0.1) is 0 Å². The maximum absolute atomic E-state index is 12.8. The predicted octanol–water partition coefficient (Wildman–Crippen LogP) is 5.84. The molecule has 0 aromatic heterocycles. The van der Waals surface area contributed by atoms with Gasteiger partial charge in [0.1, 0.15) is 11.5 Å². The predicted molar refractivity (Wildman–Crippen MR) is 106 cm³/mol. The van der Waals surface area contributed by atoms with Crippen LogP contribution in [0.25, 0.3) is 12.2 Å². The normalized spacial score (nSPS) is 18.1. The summed E-state index contributed by atoms with van der Waals surface area (Å²) in [5.74, 6) is 0.249. The molecule has 25 heavy (non-hydrogen) atoms. The standard InChI is InChI=1S/C20H16Br2O3/c21-16-4-6-18(23)14(10-16)8-12-2-1-3-13(20(12)25)9-15-11-17(22)5-7-19(15)24/h4-11,23-24H,1-3H2. The fourth-order valence-electron chi connectivity index (χ4n) is 2.84. The van der Waals surface area contributed by atoms with Crippen molar-refractivity contribution in [2.24, 2.45) is 0 Å². The Morgan fingerprint density at radius 1 is 0.800 bits per heavy atom. The van der Waals surface area contributed by atoms with Gasteiger partial charge in [0.25, 0.3) is 0 Å². The Labute approximate surface area is 163 Å². The summed E-state index contributed by atoms with van der Waals surface area (Å²) >= 11 is 6.76. The van der Waals surface area contributed by atoms with Gasteiger partial charge in [-0.25, -0.2) is 0 Å². The number of carbonyl (C=O) groups is 1. The molecule has 0 heterocycles. The zero-order chi connectivity index (χ0) is 18.0. The van der Waals surface area contributed by atoms with Crippen molar-refractivity contribution in [3.63, 3.8) is 0 Å². The highest BCUT2D eigenvalue weighted by molar-refractivity contribution is 9.10. The molecule has 0 atom stereocenters. The van der Waals surface area contributed by atoms with Crippen LogP contribution in [-0.2, 0) is 4.79 Å². The molecular formula is C20H16Br2O3. The first-order chi connectivity index (χ1) is 11.9. The largest absolute Gasteiger partial charge is 0.507 e. The van der Waals surface area contributed by atoms with E-state index in [9.17, 15) is 15.0 Å². The Balaban J connectivity index is 1.96. The molecule has 3 nitrogen and oxygen atoms in total. The van der Waals surface area contributed by atoms with Crippen molar-refractivity contribution in [3.05, 3.63) is 67.6 Å². The molecule has 2 N–H and O–H groups in total. The van der Waals surface area contributed by atoms with Gasteiger partial charge in [-0.1, -0.05) is 31.9 Å². The van der Waals surface area contributed by atoms with Crippen molar-refractivity contribution in [2.75, 3.05) is 0 Å².